The van der Waals surface area contributed by atoms with Crippen molar-refractivity contribution in [3.8, 4) is 0 Å². The van der Waals surface area contributed by atoms with E-state index in [4.69, 9.17) is 11.5 Å². The van der Waals surface area contributed by atoms with Crippen molar-refractivity contribution in [3.63, 3.8) is 0 Å². The molecule has 7 N–H and O–H groups in total. The SMILES string of the molecule is CC(C)C(CP(=O)(O)C(CC1CCCCC1)NC(=O)[C@@H](N)CCCCN)C(=O)O. The van der Waals surface area contributed by atoms with Crippen molar-refractivity contribution in [3.05, 3.63) is 0 Å². The molecule has 1 saturated carbocycles. The molecule has 0 aliphatic heterocycles. The number of carboxylic acids is 1. The molecule has 8 nitrogen and oxygen atoms in total. The second kappa shape index (κ2) is 12.7. The van der Waals surface area contributed by atoms with Gasteiger partial charge in [0.1, 0.15) is 5.78 Å². The third-order valence-electron chi connectivity index (χ3n) is 5.96. The summed E-state index contributed by atoms with van der Waals surface area (Å²) in [7, 11) is -3.95. The van der Waals surface area contributed by atoms with Gasteiger partial charge < -0.3 is 26.8 Å². The van der Waals surface area contributed by atoms with E-state index in [0.717, 1.165) is 38.5 Å². The fraction of sp³-hybridized carbons (Fsp3) is 0.900. The van der Waals surface area contributed by atoms with Crippen LogP contribution in [0.2, 0.25) is 0 Å². The summed E-state index contributed by atoms with van der Waals surface area (Å²) in [6.07, 6.45) is 7.20. The Morgan fingerprint density at radius 3 is 2.31 bits per heavy atom. The van der Waals surface area contributed by atoms with Crippen LogP contribution in [-0.4, -0.2) is 46.4 Å². The summed E-state index contributed by atoms with van der Waals surface area (Å²) in [4.78, 5) is 35.0. The van der Waals surface area contributed by atoms with Gasteiger partial charge in [0, 0.05) is 6.16 Å². The van der Waals surface area contributed by atoms with E-state index in [1.807, 2.05) is 0 Å². The number of nitrogens with one attached hydrogen (secondary N) is 1. The zero-order valence-corrected chi connectivity index (χ0v) is 18.8. The summed E-state index contributed by atoms with van der Waals surface area (Å²) in [5.74, 6) is -3.46. The van der Waals surface area contributed by atoms with Crippen molar-refractivity contribution in [1.82, 2.24) is 5.32 Å². The molecule has 4 atom stereocenters. The Morgan fingerprint density at radius 2 is 1.79 bits per heavy atom. The average Bonchev–Trinajstić information content (AvgIpc) is 2.66. The Hall–Kier alpha value is -0.950. The van der Waals surface area contributed by atoms with Gasteiger partial charge in [-0.25, -0.2) is 0 Å². The van der Waals surface area contributed by atoms with Gasteiger partial charge in [-0.05, 0) is 37.6 Å². The van der Waals surface area contributed by atoms with Gasteiger partial charge in [0.15, 0.2) is 0 Å². The number of aliphatic carboxylic acids is 1. The molecule has 0 bridgehead atoms. The van der Waals surface area contributed by atoms with Crippen LogP contribution in [0.5, 0.6) is 0 Å². The van der Waals surface area contributed by atoms with Crippen molar-refractivity contribution in [2.24, 2.45) is 29.2 Å². The minimum Gasteiger partial charge on any atom is -0.481 e. The highest BCUT2D eigenvalue weighted by molar-refractivity contribution is 7.58. The molecule has 1 rings (SSSR count). The maximum absolute atomic E-state index is 13.2. The van der Waals surface area contributed by atoms with Gasteiger partial charge in [-0.15, -0.1) is 0 Å². The molecule has 1 fully saturated rings. The van der Waals surface area contributed by atoms with Crippen molar-refractivity contribution < 1.29 is 24.2 Å². The first-order valence-electron chi connectivity index (χ1n) is 10.9. The summed E-state index contributed by atoms with van der Waals surface area (Å²) in [5, 5.41) is 12.2. The van der Waals surface area contributed by atoms with E-state index >= 15 is 0 Å². The molecule has 9 heteroatoms. The van der Waals surface area contributed by atoms with E-state index in [1.165, 1.54) is 0 Å². The van der Waals surface area contributed by atoms with E-state index < -0.39 is 37.0 Å². The zero-order chi connectivity index (χ0) is 22.0. The van der Waals surface area contributed by atoms with E-state index in [-0.39, 0.29) is 18.0 Å². The lowest BCUT2D eigenvalue weighted by Gasteiger charge is -2.32. The second-order valence-electron chi connectivity index (χ2n) is 8.78. The van der Waals surface area contributed by atoms with Gasteiger partial charge in [0.25, 0.3) is 0 Å². The van der Waals surface area contributed by atoms with E-state index in [2.05, 4.69) is 5.32 Å². The summed E-state index contributed by atoms with van der Waals surface area (Å²) >= 11 is 0. The minimum absolute atomic E-state index is 0.255. The van der Waals surface area contributed by atoms with E-state index in [0.29, 0.717) is 25.8 Å². The number of carboxylic acid groups (broad SMARTS) is 1. The molecule has 0 spiro atoms. The zero-order valence-electron chi connectivity index (χ0n) is 17.9. The number of unbranched alkanes of at least 4 members (excludes halogenated alkanes) is 1. The van der Waals surface area contributed by atoms with E-state index in [1.54, 1.807) is 13.8 Å². The van der Waals surface area contributed by atoms with Gasteiger partial charge in [-0.2, -0.15) is 0 Å². The van der Waals surface area contributed by atoms with Crippen molar-refractivity contribution in [2.75, 3.05) is 12.7 Å². The fourth-order valence-corrected chi connectivity index (χ4v) is 6.31. The lowest BCUT2D eigenvalue weighted by atomic mass is 9.87. The third kappa shape index (κ3) is 9.16. The molecule has 0 aromatic rings. The van der Waals surface area contributed by atoms with Gasteiger partial charge in [-0.3, -0.25) is 14.2 Å². The molecule has 29 heavy (non-hydrogen) atoms. The highest BCUT2D eigenvalue weighted by Gasteiger charge is 2.39. The first-order chi connectivity index (χ1) is 13.6. The lowest BCUT2D eigenvalue weighted by molar-refractivity contribution is -0.142. The molecule has 0 radical (unpaired) electrons. The molecule has 0 heterocycles. The van der Waals surface area contributed by atoms with Crippen molar-refractivity contribution in [1.29, 1.82) is 0 Å². The van der Waals surface area contributed by atoms with Crippen LogP contribution in [0.25, 0.3) is 0 Å². The van der Waals surface area contributed by atoms with Crippen molar-refractivity contribution in [2.45, 2.75) is 83.5 Å². The first-order valence-corrected chi connectivity index (χ1v) is 12.8. The molecular formula is C20H40N3O5P. The normalized spacial score (nSPS) is 20.6. The fourth-order valence-electron chi connectivity index (χ4n) is 3.96. The Morgan fingerprint density at radius 1 is 1.17 bits per heavy atom. The van der Waals surface area contributed by atoms with Crippen LogP contribution in [-0.2, 0) is 14.2 Å². The molecule has 0 saturated heterocycles. The molecule has 1 amide bonds. The van der Waals surface area contributed by atoms with Crippen LogP contribution in [0.1, 0.15) is 71.6 Å². The van der Waals surface area contributed by atoms with Gasteiger partial charge >= 0.3 is 5.97 Å². The molecule has 1 aliphatic carbocycles. The molecule has 0 aromatic heterocycles. The lowest BCUT2D eigenvalue weighted by Crippen LogP contribution is -2.46. The number of hydrogen-bond acceptors (Lipinski definition) is 5. The summed E-state index contributed by atoms with van der Waals surface area (Å²) in [6, 6.07) is -0.768. The predicted octanol–water partition coefficient (Wildman–Crippen LogP) is 2.48. The topological polar surface area (TPSA) is 156 Å². The Labute approximate surface area is 174 Å². The van der Waals surface area contributed by atoms with E-state index in [9.17, 15) is 24.2 Å². The highest BCUT2D eigenvalue weighted by atomic mass is 31.2. The Balaban J connectivity index is 2.91. The molecular weight excluding hydrogens is 393 g/mol. The molecule has 0 aromatic carbocycles. The van der Waals surface area contributed by atoms with Crippen LogP contribution in [0.4, 0.5) is 0 Å². The minimum atomic E-state index is -3.95. The van der Waals surface area contributed by atoms with Crippen LogP contribution in [0.3, 0.4) is 0 Å². The molecule has 170 valence electrons. The van der Waals surface area contributed by atoms with Crippen LogP contribution in [0.15, 0.2) is 0 Å². The summed E-state index contributed by atoms with van der Waals surface area (Å²) in [5.41, 5.74) is 11.4. The quantitative estimate of drug-likeness (QED) is 0.221. The van der Waals surface area contributed by atoms with Gasteiger partial charge in [-0.1, -0.05) is 52.4 Å². The van der Waals surface area contributed by atoms with Crippen molar-refractivity contribution >= 4 is 19.2 Å². The number of carbonyl (C=O) groups excluding carboxylic acids is 1. The van der Waals surface area contributed by atoms with Crippen LogP contribution < -0.4 is 16.8 Å². The predicted molar refractivity (Wildman–Crippen MR) is 115 cm³/mol. The number of carbonyl (C=O) groups is 2. The Kier molecular flexibility index (Phi) is 11.4. The second-order valence-corrected chi connectivity index (χ2v) is 11.3. The standard InChI is InChI=1S/C20H40N3O5P/c1-14(2)16(20(25)26)13-29(27,28)18(12-15-8-4-3-5-9-15)23-19(24)17(22)10-6-7-11-21/h14-18H,3-13,21-22H2,1-2H3,(H,23,24)(H,25,26)(H,27,28)/t16?,17-,18?/m0/s1. The van der Waals surface area contributed by atoms with Crippen LogP contribution in [0, 0.1) is 17.8 Å². The van der Waals surface area contributed by atoms with Crippen LogP contribution >= 0.6 is 7.37 Å². The maximum Gasteiger partial charge on any atom is 0.307 e. The summed E-state index contributed by atoms with van der Waals surface area (Å²) < 4.78 is 13.2. The molecule has 3 unspecified atom stereocenters. The number of rotatable bonds is 13. The average molecular weight is 434 g/mol. The Bertz CT molecular complexity index is 566. The highest BCUT2D eigenvalue weighted by Crippen LogP contribution is 2.51. The first kappa shape index (κ1) is 26.1. The maximum atomic E-state index is 13.2. The third-order valence-corrected chi connectivity index (χ3v) is 8.19. The number of hydrogen-bond donors (Lipinski definition) is 5. The van der Waals surface area contributed by atoms with Gasteiger partial charge in [0.2, 0.25) is 13.3 Å². The number of nitrogens with two attached hydrogens (primary N) is 2. The monoisotopic (exact) mass is 433 g/mol. The number of amides is 1. The summed E-state index contributed by atoms with van der Waals surface area (Å²) in [6.45, 7) is 3.97. The largest absolute Gasteiger partial charge is 0.481 e. The molecule has 1 aliphatic rings. The van der Waals surface area contributed by atoms with Gasteiger partial charge in [0.05, 0.1) is 12.0 Å². The smallest absolute Gasteiger partial charge is 0.307 e.